The summed E-state index contributed by atoms with van der Waals surface area (Å²) >= 11 is 0. The molecule has 1 aliphatic heterocycles. The van der Waals surface area contributed by atoms with Gasteiger partial charge in [-0.25, -0.2) is 0 Å². The lowest BCUT2D eigenvalue weighted by molar-refractivity contribution is -0.141. The Morgan fingerprint density at radius 3 is 2.90 bits per heavy atom. The number of carboxylic acids is 1. The summed E-state index contributed by atoms with van der Waals surface area (Å²) in [5.41, 5.74) is 3.94. The summed E-state index contributed by atoms with van der Waals surface area (Å²) in [4.78, 5) is 13.5. The number of benzene rings is 1. The minimum atomic E-state index is -0.711. The first kappa shape index (κ1) is 13.5. The highest BCUT2D eigenvalue weighted by Gasteiger charge is 2.25. The van der Waals surface area contributed by atoms with Crippen molar-refractivity contribution >= 4 is 11.7 Å². The fourth-order valence-electron chi connectivity index (χ4n) is 3.27. The molecule has 1 unspecified atom stereocenters. The number of rotatable bonds is 5. The Labute approximate surface area is 120 Å². The van der Waals surface area contributed by atoms with Crippen molar-refractivity contribution in [3.8, 4) is 0 Å². The number of hydrogen-bond donors (Lipinski definition) is 1. The third kappa shape index (κ3) is 2.67. The molecule has 1 aromatic rings. The molecule has 1 N–H and O–H groups in total. The first-order valence-electron chi connectivity index (χ1n) is 7.73. The second-order valence-electron chi connectivity index (χ2n) is 6.40. The molecule has 1 fully saturated rings. The van der Waals surface area contributed by atoms with E-state index in [2.05, 4.69) is 23.1 Å². The van der Waals surface area contributed by atoms with Crippen LogP contribution in [0.2, 0.25) is 0 Å². The summed E-state index contributed by atoms with van der Waals surface area (Å²) in [5.74, 6) is -0.120. The van der Waals surface area contributed by atoms with Gasteiger partial charge in [0.25, 0.3) is 0 Å². The maximum atomic E-state index is 10.9. The molecule has 1 heterocycles. The van der Waals surface area contributed by atoms with Crippen LogP contribution in [-0.4, -0.2) is 24.2 Å². The van der Waals surface area contributed by atoms with Gasteiger partial charge in [0.1, 0.15) is 0 Å². The van der Waals surface area contributed by atoms with Gasteiger partial charge < -0.3 is 10.0 Å². The van der Waals surface area contributed by atoms with Crippen LogP contribution in [-0.2, 0) is 17.6 Å². The smallest absolute Gasteiger partial charge is 0.306 e. The molecule has 3 nitrogen and oxygen atoms in total. The second-order valence-corrected chi connectivity index (χ2v) is 6.40. The van der Waals surface area contributed by atoms with E-state index in [4.69, 9.17) is 5.11 Å². The van der Waals surface area contributed by atoms with Gasteiger partial charge in [-0.05, 0) is 48.8 Å². The van der Waals surface area contributed by atoms with Crippen molar-refractivity contribution < 1.29 is 9.90 Å². The lowest BCUT2D eigenvalue weighted by atomic mass is 9.85. The Bertz CT molecular complexity index is 508. The molecule has 0 radical (unpaired) electrons. The van der Waals surface area contributed by atoms with Gasteiger partial charge in [-0.15, -0.1) is 0 Å². The summed E-state index contributed by atoms with van der Waals surface area (Å²) < 4.78 is 0. The number of anilines is 1. The molecule has 1 aliphatic carbocycles. The predicted octanol–water partition coefficient (Wildman–Crippen LogP) is 3.11. The highest BCUT2D eigenvalue weighted by molar-refractivity contribution is 5.70. The van der Waals surface area contributed by atoms with Gasteiger partial charge in [0.05, 0.1) is 5.92 Å². The fraction of sp³-hybridized carbons (Fsp3) is 0.588. The minimum absolute atomic E-state index is 0.305. The van der Waals surface area contributed by atoms with Gasteiger partial charge in [-0.2, -0.15) is 0 Å². The van der Waals surface area contributed by atoms with Crippen LogP contribution in [0.4, 0.5) is 5.69 Å². The van der Waals surface area contributed by atoms with Crippen LogP contribution in [0, 0.1) is 11.8 Å². The van der Waals surface area contributed by atoms with Gasteiger partial charge in [0.15, 0.2) is 0 Å². The first-order valence-corrected chi connectivity index (χ1v) is 7.73. The number of hydrogen-bond acceptors (Lipinski definition) is 2. The van der Waals surface area contributed by atoms with E-state index < -0.39 is 5.97 Å². The SMILES string of the molecule is CC(Cc1ccc2c(c1)CCN2CC1CCC1)C(=O)O. The van der Waals surface area contributed by atoms with E-state index >= 15 is 0 Å². The van der Waals surface area contributed by atoms with Crippen molar-refractivity contribution in [2.75, 3.05) is 18.0 Å². The van der Waals surface area contributed by atoms with Gasteiger partial charge in [0.2, 0.25) is 0 Å². The molecule has 2 aliphatic rings. The second kappa shape index (κ2) is 5.47. The van der Waals surface area contributed by atoms with Crippen molar-refractivity contribution in [1.82, 2.24) is 0 Å². The normalized spacial score (nSPS) is 19.6. The van der Waals surface area contributed by atoms with E-state index in [0.29, 0.717) is 6.42 Å². The maximum Gasteiger partial charge on any atom is 0.306 e. The molecule has 1 saturated carbocycles. The molecule has 20 heavy (non-hydrogen) atoms. The topological polar surface area (TPSA) is 40.5 Å². The highest BCUT2D eigenvalue weighted by Crippen LogP contribution is 2.34. The molecule has 3 heteroatoms. The molecule has 1 atom stereocenters. The van der Waals surface area contributed by atoms with Crippen LogP contribution in [0.3, 0.4) is 0 Å². The molecular formula is C17H23NO2. The molecular weight excluding hydrogens is 250 g/mol. The molecule has 0 saturated heterocycles. The zero-order valence-electron chi connectivity index (χ0n) is 12.1. The third-order valence-corrected chi connectivity index (χ3v) is 4.80. The standard InChI is InChI=1S/C17H23NO2/c1-12(17(19)20)9-14-5-6-16-15(10-14)7-8-18(16)11-13-3-2-4-13/h5-6,10,12-13H,2-4,7-9,11H2,1H3,(H,19,20). The van der Waals surface area contributed by atoms with Crippen molar-refractivity contribution in [3.63, 3.8) is 0 Å². The molecule has 3 rings (SSSR count). The van der Waals surface area contributed by atoms with Gasteiger partial charge in [-0.3, -0.25) is 4.79 Å². The van der Waals surface area contributed by atoms with Crippen LogP contribution in [0.5, 0.6) is 0 Å². The summed E-state index contributed by atoms with van der Waals surface area (Å²) in [6.07, 6.45) is 5.92. The molecule has 0 spiro atoms. The molecule has 0 amide bonds. The summed E-state index contributed by atoms with van der Waals surface area (Å²) in [7, 11) is 0. The van der Waals surface area contributed by atoms with Crippen LogP contribution in [0.15, 0.2) is 18.2 Å². The summed E-state index contributed by atoms with van der Waals surface area (Å²) in [6, 6.07) is 6.53. The van der Waals surface area contributed by atoms with Crippen LogP contribution in [0.1, 0.15) is 37.3 Å². The van der Waals surface area contributed by atoms with Crippen LogP contribution in [0.25, 0.3) is 0 Å². The number of nitrogens with zero attached hydrogens (tertiary/aromatic N) is 1. The molecule has 0 aromatic heterocycles. The number of fused-ring (bicyclic) bond motifs is 1. The van der Waals surface area contributed by atoms with Crippen LogP contribution < -0.4 is 4.90 Å². The Balaban J connectivity index is 1.69. The predicted molar refractivity (Wildman–Crippen MR) is 80.2 cm³/mol. The van der Waals surface area contributed by atoms with Crippen molar-refractivity contribution in [3.05, 3.63) is 29.3 Å². The lowest BCUT2D eigenvalue weighted by Gasteiger charge is -2.31. The molecule has 108 valence electrons. The van der Waals surface area contributed by atoms with E-state index in [1.54, 1.807) is 6.92 Å². The van der Waals surface area contributed by atoms with Crippen LogP contribution >= 0.6 is 0 Å². The Hall–Kier alpha value is -1.51. The lowest BCUT2D eigenvalue weighted by Crippen LogP contribution is -2.31. The van der Waals surface area contributed by atoms with Crippen molar-refractivity contribution in [2.24, 2.45) is 11.8 Å². The zero-order valence-corrected chi connectivity index (χ0v) is 12.1. The fourth-order valence-corrected chi connectivity index (χ4v) is 3.27. The summed E-state index contributed by atoms with van der Waals surface area (Å²) in [5, 5.41) is 9.00. The quantitative estimate of drug-likeness (QED) is 0.896. The van der Waals surface area contributed by atoms with E-state index in [0.717, 1.165) is 24.4 Å². The Kier molecular flexibility index (Phi) is 3.68. The van der Waals surface area contributed by atoms with Gasteiger partial charge in [-0.1, -0.05) is 25.5 Å². The van der Waals surface area contributed by atoms with E-state index in [9.17, 15) is 4.79 Å². The average molecular weight is 273 g/mol. The first-order chi connectivity index (χ1) is 9.63. The Morgan fingerprint density at radius 1 is 1.45 bits per heavy atom. The largest absolute Gasteiger partial charge is 0.481 e. The van der Waals surface area contributed by atoms with E-state index in [1.807, 2.05) is 0 Å². The number of carboxylic acid groups (broad SMARTS) is 1. The van der Waals surface area contributed by atoms with Gasteiger partial charge in [0, 0.05) is 18.8 Å². The third-order valence-electron chi connectivity index (χ3n) is 4.80. The number of aliphatic carboxylic acids is 1. The molecule has 1 aromatic carbocycles. The van der Waals surface area contributed by atoms with Crippen molar-refractivity contribution in [1.29, 1.82) is 0 Å². The highest BCUT2D eigenvalue weighted by atomic mass is 16.4. The maximum absolute atomic E-state index is 10.9. The Morgan fingerprint density at radius 2 is 2.25 bits per heavy atom. The van der Waals surface area contributed by atoms with Gasteiger partial charge >= 0.3 is 5.97 Å². The van der Waals surface area contributed by atoms with Crippen molar-refractivity contribution in [2.45, 2.75) is 39.0 Å². The summed E-state index contributed by atoms with van der Waals surface area (Å²) in [6.45, 7) is 4.11. The van der Waals surface area contributed by atoms with E-state index in [-0.39, 0.29) is 5.92 Å². The molecule has 0 bridgehead atoms. The monoisotopic (exact) mass is 273 g/mol. The minimum Gasteiger partial charge on any atom is -0.481 e. The zero-order chi connectivity index (χ0) is 14.1. The average Bonchev–Trinajstić information content (AvgIpc) is 2.76. The number of carbonyl (C=O) groups is 1. The van der Waals surface area contributed by atoms with E-state index in [1.165, 1.54) is 37.1 Å².